The highest BCUT2D eigenvalue weighted by Gasteiger charge is 2.39. The van der Waals surface area contributed by atoms with Crippen molar-refractivity contribution in [1.29, 1.82) is 0 Å². The SMILES string of the molecule is CC(Br)(CC1CO1)C(=O)OCl. The van der Waals surface area contributed by atoms with Crippen molar-refractivity contribution in [3.63, 3.8) is 0 Å². The third-order valence-corrected chi connectivity index (χ3v) is 2.30. The van der Waals surface area contributed by atoms with Crippen molar-refractivity contribution in [2.75, 3.05) is 6.61 Å². The molecule has 3 nitrogen and oxygen atoms in total. The van der Waals surface area contributed by atoms with E-state index in [1.165, 1.54) is 0 Å². The van der Waals surface area contributed by atoms with Crippen molar-refractivity contribution >= 4 is 33.8 Å². The fourth-order valence-electron chi connectivity index (χ4n) is 0.777. The Bertz CT molecular complexity index is 167. The molecule has 0 saturated carbocycles. The monoisotopic (exact) mass is 242 g/mol. The maximum absolute atomic E-state index is 10.9. The molecule has 1 heterocycles. The van der Waals surface area contributed by atoms with Crippen molar-refractivity contribution in [2.24, 2.45) is 0 Å². The van der Waals surface area contributed by atoms with E-state index in [0.717, 1.165) is 6.61 Å². The molecular formula is C6H8BrClO3. The van der Waals surface area contributed by atoms with Gasteiger partial charge in [0.1, 0.15) is 16.2 Å². The quantitative estimate of drug-likeness (QED) is 0.558. The summed E-state index contributed by atoms with van der Waals surface area (Å²) >= 11 is 8.13. The number of carbonyl (C=O) groups is 1. The Labute approximate surface area is 78.3 Å². The van der Waals surface area contributed by atoms with Crippen LogP contribution in [0, 0.1) is 0 Å². The molecule has 0 spiro atoms. The van der Waals surface area contributed by atoms with E-state index in [4.69, 9.17) is 16.6 Å². The summed E-state index contributed by atoms with van der Waals surface area (Å²) in [6.45, 7) is 2.43. The fraction of sp³-hybridized carbons (Fsp3) is 0.833. The van der Waals surface area contributed by atoms with Crippen LogP contribution in [0.3, 0.4) is 0 Å². The smallest absolute Gasteiger partial charge is 0.341 e. The van der Waals surface area contributed by atoms with E-state index >= 15 is 0 Å². The number of rotatable bonds is 3. The predicted octanol–water partition coefficient (Wildman–Crippen LogP) is 1.63. The summed E-state index contributed by atoms with van der Waals surface area (Å²) in [5.41, 5.74) is 0. The van der Waals surface area contributed by atoms with Crippen LogP contribution in [0.1, 0.15) is 13.3 Å². The van der Waals surface area contributed by atoms with E-state index in [1.807, 2.05) is 0 Å². The van der Waals surface area contributed by atoms with E-state index in [1.54, 1.807) is 6.92 Å². The molecule has 0 aromatic carbocycles. The minimum atomic E-state index is -0.712. The van der Waals surface area contributed by atoms with Crippen LogP contribution in [0.4, 0.5) is 0 Å². The predicted molar refractivity (Wildman–Crippen MR) is 43.6 cm³/mol. The molecule has 1 saturated heterocycles. The Kier molecular flexibility index (Phi) is 2.78. The second-order valence-electron chi connectivity index (χ2n) is 2.72. The number of hydrogen-bond acceptors (Lipinski definition) is 3. The zero-order chi connectivity index (χ0) is 8.48. The zero-order valence-corrected chi connectivity index (χ0v) is 8.31. The Morgan fingerprint density at radius 3 is 2.91 bits per heavy atom. The molecule has 2 atom stereocenters. The second kappa shape index (κ2) is 3.29. The molecule has 1 aliphatic heterocycles. The van der Waals surface area contributed by atoms with E-state index in [0.29, 0.717) is 6.42 Å². The average Bonchev–Trinajstić information content (AvgIpc) is 2.69. The van der Waals surface area contributed by atoms with Gasteiger partial charge in [-0.3, -0.25) is 0 Å². The molecule has 0 amide bonds. The molecule has 0 radical (unpaired) electrons. The lowest BCUT2D eigenvalue weighted by Crippen LogP contribution is -2.30. The van der Waals surface area contributed by atoms with E-state index in [-0.39, 0.29) is 6.10 Å². The maximum Gasteiger partial charge on any atom is 0.341 e. The topological polar surface area (TPSA) is 38.8 Å². The number of hydrogen-bond donors (Lipinski definition) is 0. The van der Waals surface area contributed by atoms with Crippen LogP contribution in [0.2, 0.25) is 0 Å². The number of ether oxygens (including phenoxy) is 1. The number of alkyl halides is 1. The highest BCUT2D eigenvalue weighted by atomic mass is 79.9. The molecule has 1 rings (SSSR count). The van der Waals surface area contributed by atoms with E-state index < -0.39 is 10.3 Å². The third kappa shape index (κ3) is 2.61. The Hall–Kier alpha value is 0.200. The molecule has 5 heteroatoms. The van der Waals surface area contributed by atoms with Crippen LogP contribution in [-0.2, 0) is 13.8 Å². The van der Waals surface area contributed by atoms with E-state index in [2.05, 4.69) is 20.2 Å². The lowest BCUT2D eigenvalue weighted by molar-refractivity contribution is -0.136. The molecule has 0 aliphatic carbocycles. The lowest BCUT2D eigenvalue weighted by Gasteiger charge is -2.15. The number of epoxide rings is 1. The molecule has 0 aromatic rings. The summed E-state index contributed by atoms with van der Waals surface area (Å²) in [4.78, 5) is 10.9. The highest BCUT2D eigenvalue weighted by Crippen LogP contribution is 2.31. The molecule has 0 aromatic heterocycles. The minimum Gasteiger partial charge on any atom is -0.373 e. The molecule has 2 unspecified atom stereocenters. The molecule has 0 N–H and O–H groups in total. The van der Waals surface area contributed by atoms with Gasteiger partial charge >= 0.3 is 5.97 Å². The van der Waals surface area contributed by atoms with Gasteiger partial charge in [-0.2, -0.15) is 0 Å². The van der Waals surface area contributed by atoms with Gasteiger partial charge < -0.3 is 9.03 Å². The third-order valence-electron chi connectivity index (χ3n) is 1.51. The zero-order valence-electron chi connectivity index (χ0n) is 5.97. The maximum atomic E-state index is 10.9. The van der Waals surface area contributed by atoms with Gasteiger partial charge in [0.2, 0.25) is 0 Å². The Morgan fingerprint density at radius 1 is 2.00 bits per heavy atom. The van der Waals surface area contributed by atoms with Gasteiger partial charge in [0, 0.05) is 6.42 Å². The lowest BCUT2D eigenvalue weighted by atomic mass is 10.1. The van der Waals surface area contributed by atoms with Gasteiger partial charge in [0.25, 0.3) is 0 Å². The van der Waals surface area contributed by atoms with Gasteiger partial charge in [0.05, 0.1) is 12.7 Å². The fourth-order valence-corrected chi connectivity index (χ4v) is 1.48. The largest absolute Gasteiger partial charge is 0.373 e. The number of halogens is 2. The molecule has 1 fully saturated rings. The average molecular weight is 243 g/mol. The van der Waals surface area contributed by atoms with Crippen LogP contribution >= 0.6 is 27.8 Å². The Balaban J connectivity index is 2.42. The van der Waals surface area contributed by atoms with E-state index in [9.17, 15) is 4.79 Å². The summed E-state index contributed by atoms with van der Waals surface area (Å²) < 4.78 is 8.32. The van der Waals surface area contributed by atoms with Crippen molar-refractivity contribution in [3.05, 3.63) is 0 Å². The van der Waals surface area contributed by atoms with Crippen molar-refractivity contribution in [3.8, 4) is 0 Å². The second-order valence-corrected chi connectivity index (χ2v) is 4.63. The first kappa shape index (κ1) is 9.29. The molecule has 11 heavy (non-hydrogen) atoms. The summed E-state index contributed by atoms with van der Waals surface area (Å²) in [6.07, 6.45) is 0.772. The standard InChI is InChI=1S/C6H8BrClO3/c1-6(7,5(9)11-8)2-4-3-10-4/h4H,2-3H2,1H3. The van der Waals surface area contributed by atoms with Gasteiger partial charge in [-0.25, -0.2) is 4.79 Å². The van der Waals surface area contributed by atoms with Crippen LogP contribution < -0.4 is 0 Å². The normalized spacial score (nSPS) is 27.4. The Morgan fingerprint density at radius 2 is 2.55 bits per heavy atom. The number of carbonyl (C=O) groups excluding carboxylic acids is 1. The van der Waals surface area contributed by atoms with Crippen molar-refractivity contribution in [2.45, 2.75) is 23.8 Å². The summed E-state index contributed by atoms with van der Waals surface area (Å²) in [6, 6.07) is 0. The van der Waals surface area contributed by atoms with Gasteiger partial charge in [0.15, 0.2) is 0 Å². The minimum absolute atomic E-state index is 0.176. The first-order valence-corrected chi connectivity index (χ1v) is 4.30. The van der Waals surface area contributed by atoms with Crippen LogP contribution in [-0.4, -0.2) is 23.0 Å². The van der Waals surface area contributed by atoms with Crippen molar-refractivity contribution in [1.82, 2.24) is 0 Å². The molecular weight excluding hydrogens is 235 g/mol. The van der Waals surface area contributed by atoms with Gasteiger partial charge in [-0.1, -0.05) is 15.9 Å². The summed E-state index contributed by atoms with van der Waals surface area (Å²) in [5.74, 6) is -0.477. The van der Waals surface area contributed by atoms with Gasteiger partial charge in [-0.15, -0.1) is 0 Å². The first-order valence-electron chi connectivity index (χ1n) is 3.20. The molecule has 0 bridgehead atoms. The summed E-state index contributed by atoms with van der Waals surface area (Å²) in [5, 5.41) is 0. The van der Waals surface area contributed by atoms with Crippen LogP contribution in [0.25, 0.3) is 0 Å². The van der Waals surface area contributed by atoms with Crippen LogP contribution in [0.15, 0.2) is 0 Å². The van der Waals surface area contributed by atoms with Gasteiger partial charge in [-0.05, 0) is 6.92 Å². The first-order chi connectivity index (χ1) is 5.06. The summed E-state index contributed by atoms with van der Waals surface area (Å²) in [7, 11) is 0. The molecule has 64 valence electrons. The highest BCUT2D eigenvalue weighted by molar-refractivity contribution is 9.10. The van der Waals surface area contributed by atoms with Crippen molar-refractivity contribution < 1.29 is 13.8 Å². The van der Waals surface area contributed by atoms with Crippen LogP contribution in [0.5, 0.6) is 0 Å². The molecule has 1 aliphatic rings.